The molecule has 8 atom stereocenters. The van der Waals surface area contributed by atoms with Crippen LogP contribution < -0.4 is 0 Å². The largest absolute Gasteiger partial charge is 0.388 e. The molecule has 0 amide bonds. The van der Waals surface area contributed by atoms with Crippen molar-refractivity contribution in [2.75, 3.05) is 21.3 Å². The van der Waals surface area contributed by atoms with Crippen molar-refractivity contribution in [2.24, 2.45) is 0 Å². The second kappa shape index (κ2) is 11.4. The van der Waals surface area contributed by atoms with Crippen LogP contribution in [0.3, 0.4) is 0 Å². The van der Waals surface area contributed by atoms with Gasteiger partial charge in [-0.2, -0.15) is 0 Å². The third kappa shape index (κ3) is 6.43. The van der Waals surface area contributed by atoms with Gasteiger partial charge in [0, 0.05) is 34.2 Å². The molecule has 0 radical (unpaired) electrons. The Kier molecular flexibility index (Phi) is 10.4. The predicted octanol–water partition coefficient (Wildman–Crippen LogP) is 2.10. The molecule has 25 heavy (non-hydrogen) atoms. The average Bonchev–Trinajstić information content (AvgIpc) is 2.59. The maximum atomic E-state index is 10.0. The molecule has 7 heteroatoms. The second-order valence-corrected chi connectivity index (χ2v) is 6.60. The summed E-state index contributed by atoms with van der Waals surface area (Å²) in [5.41, 5.74) is 0. The summed E-state index contributed by atoms with van der Waals surface area (Å²) in [5.74, 6) is 0. The van der Waals surface area contributed by atoms with E-state index in [9.17, 15) is 5.11 Å². The van der Waals surface area contributed by atoms with E-state index in [0.29, 0.717) is 12.8 Å². The molecule has 1 unspecified atom stereocenters. The molecule has 2 heterocycles. The smallest absolute Gasteiger partial charge is 0.161 e. The first-order valence-corrected chi connectivity index (χ1v) is 9.14. The molecular weight excluding hydrogens is 328 g/mol. The lowest BCUT2D eigenvalue weighted by Gasteiger charge is -2.43. The van der Waals surface area contributed by atoms with Crippen LogP contribution in [0, 0.1) is 0 Å². The van der Waals surface area contributed by atoms with E-state index in [0.717, 1.165) is 0 Å². The minimum Gasteiger partial charge on any atom is -0.388 e. The Morgan fingerprint density at radius 2 is 1.36 bits per heavy atom. The third-order valence-corrected chi connectivity index (χ3v) is 4.45. The van der Waals surface area contributed by atoms with Crippen molar-refractivity contribution >= 4 is 0 Å². The fraction of sp³-hybridized carbons (Fsp3) is 1.00. The first-order valence-electron chi connectivity index (χ1n) is 9.14. The van der Waals surface area contributed by atoms with E-state index in [1.165, 1.54) is 6.42 Å². The van der Waals surface area contributed by atoms with Crippen LogP contribution in [0.2, 0.25) is 0 Å². The molecule has 150 valence electrons. The molecule has 0 aliphatic carbocycles. The Bertz CT molecular complexity index is 354. The number of hydrogen-bond donors (Lipinski definition) is 1. The van der Waals surface area contributed by atoms with Crippen LogP contribution in [-0.2, 0) is 28.4 Å². The van der Waals surface area contributed by atoms with Crippen molar-refractivity contribution in [3.05, 3.63) is 0 Å². The zero-order chi connectivity index (χ0) is 19.0. The van der Waals surface area contributed by atoms with E-state index in [1.54, 1.807) is 21.3 Å². The summed E-state index contributed by atoms with van der Waals surface area (Å²) in [6.45, 7) is 7.98. The van der Waals surface area contributed by atoms with Crippen molar-refractivity contribution in [1.29, 1.82) is 0 Å². The highest BCUT2D eigenvalue weighted by molar-refractivity contribution is 4.86. The van der Waals surface area contributed by atoms with Gasteiger partial charge in [0.2, 0.25) is 0 Å². The molecule has 7 nitrogen and oxygen atoms in total. The van der Waals surface area contributed by atoms with Gasteiger partial charge in [0.25, 0.3) is 0 Å². The van der Waals surface area contributed by atoms with Crippen LogP contribution in [0.1, 0.15) is 47.0 Å². The van der Waals surface area contributed by atoms with E-state index in [2.05, 4.69) is 13.8 Å². The van der Waals surface area contributed by atoms with Gasteiger partial charge >= 0.3 is 0 Å². The molecule has 2 fully saturated rings. The Morgan fingerprint density at radius 1 is 0.840 bits per heavy atom. The Balaban J connectivity index is 0.000000970. The van der Waals surface area contributed by atoms with Gasteiger partial charge in [0.15, 0.2) is 12.6 Å². The van der Waals surface area contributed by atoms with Gasteiger partial charge in [-0.1, -0.05) is 20.3 Å². The number of aliphatic hydroxyl groups is 1. The zero-order valence-corrected chi connectivity index (χ0v) is 16.6. The predicted molar refractivity (Wildman–Crippen MR) is 93.4 cm³/mol. The van der Waals surface area contributed by atoms with Gasteiger partial charge in [-0.05, 0) is 13.8 Å². The molecule has 2 saturated heterocycles. The summed E-state index contributed by atoms with van der Waals surface area (Å²) < 4.78 is 33.7. The molecule has 2 aliphatic heterocycles. The van der Waals surface area contributed by atoms with Gasteiger partial charge in [0.1, 0.15) is 12.2 Å². The van der Waals surface area contributed by atoms with Gasteiger partial charge in [-0.25, -0.2) is 0 Å². The third-order valence-electron chi connectivity index (χ3n) is 4.45. The van der Waals surface area contributed by atoms with E-state index in [4.69, 9.17) is 28.4 Å². The molecule has 0 aromatic carbocycles. The molecule has 0 bridgehead atoms. The van der Waals surface area contributed by atoms with Gasteiger partial charge < -0.3 is 33.5 Å². The first kappa shape index (κ1) is 22.8. The lowest BCUT2D eigenvalue weighted by atomic mass is 10.00. The summed E-state index contributed by atoms with van der Waals surface area (Å²) >= 11 is 0. The number of hydrogen-bond acceptors (Lipinski definition) is 7. The quantitative estimate of drug-likeness (QED) is 0.800. The van der Waals surface area contributed by atoms with Crippen molar-refractivity contribution in [1.82, 2.24) is 0 Å². The van der Waals surface area contributed by atoms with Gasteiger partial charge in [0.05, 0.1) is 24.4 Å². The van der Waals surface area contributed by atoms with Gasteiger partial charge in [-0.3, -0.25) is 0 Å². The Morgan fingerprint density at radius 3 is 1.88 bits per heavy atom. The summed E-state index contributed by atoms with van der Waals surface area (Å²) in [5, 5.41) is 10.0. The topological polar surface area (TPSA) is 75.6 Å². The van der Waals surface area contributed by atoms with Crippen LogP contribution in [-0.4, -0.2) is 75.6 Å². The number of ether oxygens (including phenoxy) is 6. The fourth-order valence-corrected chi connectivity index (χ4v) is 3.08. The second-order valence-electron chi connectivity index (χ2n) is 6.60. The SMILES string of the molecule is CCC.COC1C[C@H](O[C@H]2[C@H](C)O[C@@H](OC)C[C@@H]2OC)O[C@@H](C)[C@@H]1O. The van der Waals surface area contributed by atoms with Gasteiger partial charge in [-0.15, -0.1) is 0 Å². The molecule has 1 N–H and O–H groups in total. The fourth-order valence-electron chi connectivity index (χ4n) is 3.08. The highest BCUT2D eigenvalue weighted by Crippen LogP contribution is 2.30. The molecule has 0 aromatic heterocycles. The van der Waals surface area contributed by atoms with E-state index >= 15 is 0 Å². The van der Waals surface area contributed by atoms with E-state index in [1.807, 2.05) is 13.8 Å². The maximum absolute atomic E-state index is 10.0. The minimum atomic E-state index is -0.652. The zero-order valence-electron chi connectivity index (χ0n) is 16.6. The highest BCUT2D eigenvalue weighted by atomic mass is 16.7. The average molecular weight is 364 g/mol. The molecule has 2 aliphatic rings. The lowest BCUT2D eigenvalue weighted by molar-refractivity contribution is -0.312. The van der Waals surface area contributed by atoms with E-state index in [-0.39, 0.29) is 36.8 Å². The summed E-state index contributed by atoms with van der Waals surface area (Å²) in [6, 6.07) is 0. The number of rotatable bonds is 5. The van der Waals surface area contributed by atoms with Crippen LogP contribution in [0.25, 0.3) is 0 Å². The van der Waals surface area contributed by atoms with Crippen molar-refractivity contribution in [3.63, 3.8) is 0 Å². The van der Waals surface area contributed by atoms with Crippen molar-refractivity contribution < 1.29 is 33.5 Å². The van der Waals surface area contributed by atoms with Crippen molar-refractivity contribution in [2.45, 2.75) is 96.2 Å². The van der Waals surface area contributed by atoms with Crippen LogP contribution in [0.4, 0.5) is 0 Å². The summed E-state index contributed by atoms with van der Waals surface area (Å²) in [4.78, 5) is 0. The maximum Gasteiger partial charge on any atom is 0.161 e. The normalized spacial score (nSPS) is 41.8. The Hall–Kier alpha value is -0.280. The lowest BCUT2D eigenvalue weighted by Crippen LogP contribution is -2.54. The standard InChI is InChI=1S/C15H28O7.C3H8/c1-8-14(16)10(17-3)6-13(20-8)22-15-9(2)21-12(19-5)7-11(15)18-4;1-3-2/h8-16H,6-7H2,1-5H3;3H2,1-2H3/t8-,9-,10?,11-,12+,13-,14-,15-;/m0./s1. The molecule has 0 saturated carbocycles. The van der Waals surface area contributed by atoms with E-state index < -0.39 is 12.4 Å². The monoisotopic (exact) mass is 364 g/mol. The number of aliphatic hydroxyl groups excluding tert-OH is 1. The molecule has 2 rings (SSSR count). The molecular formula is C18H36O7. The number of methoxy groups -OCH3 is 3. The highest BCUT2D eigenvalue weighted by Gasteiger charge is 2.42. The van der Waals surface area contributed by atoms with Crippen LogP contribution in [0.5, 0.6) is 0 Å². The van der Waals surface area contributed by atoms with Crippen LogP contribution >= 0.6 is 0 Å². The minimum absolute atomic E-state index is 0.138. The summed E-state index contributed by atoms with van der Waals surface area (Å²) in [6.07, 6.45) is -0.331. The first-order chi connectivity index (χ1) is 11.9. The molecule has 0 aromatic rings. The summed E-state index contributed by atoms with van der Waals surface area (Å²) in [7, 11) is 4.84. The Labute approximate surface area is 151 Å². The molecule has 0 spiro atoms. The van der Waals surface area contributed by atoms with Crippen LogP contribution in [0.15, 0.2) is 0 Å². The van der Waals surface area contributed by atoms with Crippen molar-refractivity contribution in [3.8, 4) is 0 Å².